The number of fused-ring (bicyclic) bond motifs is 1. The van der Waals surface area contributed by atoms with Crippen molar-refractivity contribution in [3.63, 3.8) is 0 Å². The topological polar surface area (TPSA) is 85.8 Å². The summed E-state index contributed by atoms with van der Waals surface area (Å²) >= 11 is 0. The molecule has 0 aliphatic heterocycles. The molecule has 1 amide bonds. The van der Waals surface area contributed by atoms with Gasteiger partial charge in [-0.3, -0.25) is 9.48 Å². The van der Waals surface area contributed by atoms with Crippen molar-refractivity contribution in [1.82, 2.24) is 19.9 Å². The average molecular weight is 333 g/mol. The Morgan fingerprint density at radius 1 is 1.20 bits per heavy atom. The lowest BCUT2D eigenvalue weighted by molar-refractivity contribution is 0.102. The molecule has 124 valence electrons. The Kier molecular flexibility index (Phi) is 3.53. The average Bonchev–Trinajstić information content (AvgIpc) is 3.21. The van der Waals surface area contributed by atoms with Crippen LogP contribution in [0.1, 0.15) is 16.1 Å². The van der Waals surface area contributed by atoms with E-state index in [0.29, 0.717) is 33.9 Å². The van der Waals surface area contributed by atoms with Crippen molar-refractivity contribution >= 4 is 22.8 Å². The number of nitrogens with zero attached hydrogens (tertiary/aromatic N) is 4. The Balaban J connectivity index is 1.84. The van der Waals surface area contributed by atoms with Crippen LogP contribution in [0.15, 0.2) is 53.2 Å². The van der Waals surface area contributed by atoms with Crippen molar-refractivity contribution in [3.8, 4) is 11.3 Å². The zero-order valence-electron chi connectivity index (χ0n) is 13.7. The number of benzene rings is 1. The van der Waals surface area contributed by atoms with E-state index in [1.165, 1.54) is 0 Å². The van der Waals surface area contributed by atoms with Crippen LogP contribution in [0.4, 0.5) is 5.82 Å². The number of pyridine rings is 1. The van der Waals surface area contributed by atoms with Gasteiger partial charge in [0.2, 0.25) is 0 Å². The highest BCUT2D eigenvalue weighted by atomic mass is 16.5. The number of amides is 1. The van der Waals surface area contributed by atoms with Crippen LogP contribution in [0, 0.1) is 6.92 Å². The second-order valence-electron chi connectivity index (χ2n) is 5.72. The van der Waals surface area contributed by atoms with E-state index in [2.05, 4.69) is 20.6 Å². The van der Waals surface area contributed by atoms with Crippen LogP contribution in [0.5, 0.6) is 0 Å². The molecule has 7 heteroatoms. The number of hydrogen-bond acceptors (Lipinski definition) is 5. The molecular weight excluding hydrogens is 318 g/mol. The van der Waals surface area contributed by atoms with Gasteiger partial charge in [0.1, 0.15) is 5.69 Å². The summed E-state index contributed by atoms with van der Waals surface area (Å²) in [4.78, 5) is 17.2. The summed E-state index contributed by atoms with van der Waals surface area (Å²) < 4.78 is 6.99. The van der Waals surface area contributed by atoms with E-state index in [1.54, 1.807) is 30.1 Å². The van der Waals surface area contributed by atoms with Gasteiger partial charge in [0.25, 0.3) is 11.6 Å². The minimum absolute atomic E-state index is 0.283. The lowest BCUT2D eigenvalue weighted by atomic mass is 10.0. The number of rotatable bonds is 3. The molecule has 1 aromatic carbocycles. The summed E-state index contributed by atoms with van der Waals surface area (Å²) in [7, 11) is 1.79. The number of carbonyl (C=O) groups is 1. The van der Waals surface area contributed by atoms with Gasteiger partial charge in [-0.05, 0) is 13.0 Å². The highest BCUT2D eigenvalue weighted by Crippen LogP contribution is 2.30. The van der Waals surface area contributed by atoms with E-state index in [4.69, 9.17) is 4.52 Å². The molecule has 0 radical (unpaired) electrons. The Morgan fingerprint density at radius 3 is 2.72 bits per heavy atom. The monoisotopic (exact) mass is 333 g/mol. The van der Waals surface area contributed by atoms with Gasteiger partial charge in [-0.2, -0.15) is 5.10 Å². The molecule has 0 unspecified atom stereocenters. The standard InChI is InChI=1S/C18H15N5O2/c1-11-10-13(17(24)20-14-8-9-23(2)21-14)15-16(22-25-18(15)19-11)12-6-4-3-5-7-12/h3-10H,1-2H3,(H,20,21,24). The highest BCUT2D eigenvalue weighted by Gasteiger charge is 2.21. The first-order chi connectivity index (χ1) is 12.1. The fraction of sp³-hybridized carbons (Fsp3) is 0.111. The predicted molar refractivity (Wildman–Crippen MR) is 93.1 cm³/mol. The summed E-state index contributed by atoms with van der Waals surface area (Å²) in [6.07, 6.45) is 1.76. The number of anilines is 1. The number of aromatic nitrogens is 4. The summed E-state index contributed by atoms with van der Waals surface area (Å²) in [6.45, 7) is 1.81. The maximum Gasteiger partial charge on any atom is 0.259 e. The van der Waals surface area contributed by atoms with E-state index in [9.17, 15) is 4.79 Å². The molecule has 0 saturated heterocycles. The van der Waals surface area contributed by atoms with Crippen LogP contribution >= 0.6 is 0 Å². The first-order valence-corrected chi connectivity index (χ1v) is 7.75. The molecule has 4 aromatic rings. The minimum Gasteiger partial charge on any atom is -0.335 e. The smallest absolute Gasteiger partial charge is 0.259 e. The Bertz CT molecular complexity index is 1070. The lowest BCUT2D eigenvalue weighted by Gasteiger charge is -2.05. The molecule has 4 rings (SSSR count). The normalized spacial score (nSPS) is 11.0. The van der Waals surface area contributed by atoms with Gasteiger partial charge in [0.15, 0.2) is 5.82 Å². The van der Waals surface area contributed by atoms with Crippen molar-refractivity contribution < 1.29 is 9.32 Å². The van der Waals surface area contributed by atoms with Crippen LogP contribution in [-0.4, -0.2) is 25.8 Å². The zero-order chi connectivity index (χ0) is 17.4. The van der Waals surface area contributed by atoms with Crippen LogP contribution < -0.4 is 5.32 Å². The number of aryl methyl sites for hydroxylation is 2. The maximum absolute atomic E-state index is 12.8. The van der Waals surface area contributed by atoms with Crippen molar-refractivity contribution in [2.45, 2.75) is 6.92 Å². The molecule has 7 nitrogen and oxygen atoms in total. The van der Waals surface area contributed by atoms with E-state index < -0.39 is 0 Å². The first kappa shape index (κ1) is 15.1. The number of nitrogens with one attached hydrogen (secondary N) is 1. The van der Waals surface area contributed by atoms with Crippen molar-refractivity contribution in [2.75, 3.05) is 5.32 Å². The van der Waals surface area contributed by atoms with E-state index in [0.717, 1.165) is 5.56 Å². The van der Waals surface area contributed by atoms with Gasteiger partial charge >= 0.3 is 0 Å². The summed E-state index contributed by atoms with van der Waals surface area (Å²) in [6, 6.07) is 13.0. The Morgan fingerprint density at radius 2 is 2.00 bits per heavy atom. The Labute approximate surface area is 143 Å². The van der Waals surface area contributed by atoms with Crippen LogP contribution in [0.25, 0.3) is 22.4 Å². The zero-order valence-corrected chi connectivity index (χ0v) is 13.7. The molecular formula is C18H15N5O2. The molecule has 0 fully saturated rings. The maximum atomic E-state index is 12.8. The molecule has 0 bridgehead atoms. The van der Waals surface area contributed by atoms with Gasteiger partial charge in [0.05, 0.1) is 10.9 Å². The molecule has 0 aliphatic carbocycles. The molecule has 3 heterocycles. The van der Waals surface area contributed by atoms with Gasteiger partial charge in [-0.1, -0.05) is 35.5 Å². The quantitative estimate of drug-likeness (QED) is 0.622. The second-order valence-corrected chi connectivity index (χ2v) is 5.72. The summed E-state index contributed by atoms with van der Waals surface area (Å²) in [5.41, 5.74) is 2.92. The highest BCUT2D eigenvalue weighted by molar-refractivity contribution is 6.14. The number of carbonyl (C=O) groups excluding carboxylic acids is 1. The third-order valence-corrected chi connectivity index (χ3v) is 3.82. The SMILES string of the molecule is Cc1cc(C(=O)Nc2ccn(C)n2)c2c(-c3ccccc3)noc2n1. The molecule has 1 N–H and O–H groups in total. The molecule has 0 atom stereocenters. The third kappa shape index (κ3) is 2.76. The van der Waals surface area contributed by atoms with Gasteiger partial charge in [-0.15, -0.1) is 0 Å². The van der Waals surface area contributed by atoms with Gasteiger partial charge in [-0.25, -0.2) is 4.98 Å². The third-order valence-electron chi connectivity index (χ3n) is 3.82. The molecule has 25 heavy (non-hydrogen) atoms. The molecule has 0 spiro atoms. The van der Waals surface area contributed by atoms with Gasteiger partial charge < -0.3 is 9.84 Å². The van der Waals surface area contributed by atoms with Crippen molar-refractivity contribution in [3.05, 3.63) is 59.9 Å². The van der Waals surface area contributed by atoms with Crippen LogP contribution in [-0.2, 0) is 7.05 Å². The predicted octanol–water partition coefficient (Wildman–Crippen LogP) is 3.18. The summed E-state index contributed by atoms with van der Waals surface area (Å²) in [5.74, 6) is 0.197. The molecule has 0 aliphatic rings. The molecule has 3 aromatic heterocycles. The fourth-order valence-electron chi connectivity index (χ4n) is 2.71. The van der Waals surface area contributed by atoms with E-state index in [-0.39, 0.29) is 5.91 Å². The largest absolute Gasteiger partial charge is 0.335 e. The van der Waals surface area contributed by atoms with Crippen molar-refractivity contribution in [2.24, 2.45) is 7.05 Å². The van der Waals surface area contributed by atoms with E-state index >= 15 is 0 Å². The summed E-state index contributed by atoms with van der Waals surface area (Å²) in [5, 5.41) is 11.7. The van der Waals surface area contributed by atoms with Crippen LogP contribution in [0.3, 0.4) is 0 Å². The second kappa shape index (κ2) is 5.86. The van der Waals surface area contributed by atoms with Crippen molar-refractivity contribution in [1.29, 1.82) is 0 Å². The van der Waals surface area contributed by atoms with Gasteiger partial charge in [0, 0.05) is 30.6 Å². The first-order valence-electron chi connectivity index (χ1n) is 7.75. The minimum atomic E-state index is -0.283. The Hall–Kier alpha value is -3.48. The fourth-order valence-corrected chi connectivity index (χ4v) is 2.71. The van der Waals surface area contributed by atoms with Crippen LogP contribution in [0.2, 0.25) is 0 Å². The van der Waals surface area contributed by atoms with E-state index in [1.807, 2.05) is 37.3 Å². The number of hydrogen-bond donors (Lipinski definition) is 1. The molecule has 0 saturated carbocycles. The lowest BCUT2D eigenvalue weighted by Crippen LogP contribution is -2.13.